The molecule has 0 amide bonds. The highest BCUT2D eigenvalue weighted by atomic mass is 15.3. The van der Waals surface area contributed by atoms with Crippen LogP contribution in [0.5, 0.6) is 0 Å². The minimum atomic E-state index is 0.415. The van der Waals surface area contributed by atoms with E-state index in [0.717, 1.165) is 35.1 Å². The fraction of sp³-hybridized carbons (Fsp3) is 0.500. The molecule has 0 aliphatic heterocycles. The molecule has 102 valence electrons. The smallest absolute Gasteiger partial charge is 0.162 e. The van der Waals surface area contributed by atoms with Crippen LogP contribution in [0.25, 0.3) is 5.82 Å². The molecule has 2 aromatic heterocycles. The molecule has 0 aliphatic carbocycles. The van der Waals surface area contributed by atoms with Crippen molar-refractivity contribution in [2.45, 2.75) is 40.0 Å². The van der Waals surface area contributed by atoms with Crippen LogP contribution >= 0.6 is 0 Å². The molecule has 19 heavy (non-hydrogen) atoms. The molecule has 0 saturated carbocycles. The van der Waals surface area contributed by atoms with Crippen LogP contribution < -0.4 is 5.32 Å². The molecular formula is C14H21N5. The zero-order valence-electron chi connectivity index (χ0n) is 12.2. The van der Waals surface area contributed by atoms with E-state index >= 15 is 0 Å². The first-order chi connectivity index (χ1) is 9.06. The number of aryl methyl sites for hydroxylation is 1. The van der Waals surface area contributed by atoms with E-state index in [9.17, 15) is 0 Å². The van der Waals surface area contributed by atoms with Crippen LogP contribution in [0.1, 0.15) is 43.8 Å². The summed E-state index contributed by atoms with van der Waals surface area (Å²) in [5.41, 5.74) is 2.08. The second kappa shape index (κ2) is 5.38. The first-order valence-corrected chi connectivity index (χ1v) is 6.68. The van der Waals surface area contributed by atoms with Crippen LogP contribution in [0, 0.1) is 6.92 Å². The zero-order valence-corrected chi connectivity index (χ0v) is 12.2. The van der Waals surface area contributed by atoms with Crippen LogP contribution in [0.2, 0.25) is 0 Å². The Morgan fingerprint density at radius 2 is 2.05 bits per heavy atom. The lowest BCUT2D eigenvalue weighted by Crippen LogP contribution is -2.10. The van der Waals surface area contributed by atoms with Crippen LogP contribution in [0.15, 0.2) is 12.3 Å². The Kier molecular flexibility index (Phi) is 3.83. The van der Waals surface area contributed by atoms with Crippen molar-refractivity contribution in [1.29, 1.82) is 0 Å². The van der Waals surface area contributed by atoms with Crippen molar-refractivity contribution in [3.8, 4) is 5.82 Å². The summed E-state index contributed by atoms with van der Waals surface area (Å²) in [6.45, 7) is 8.33. The van der Waals surface area contributed by atoms with Crippen molar-refractivity contribution in [2.24, 2.45) is 0 Å². The van der Waals surface area contributed by atoms with Gasteiger partial charge in [0, 0.05) is 25.2 Å². The Labute approximate surface area is 114 Å². The minimum absolute atomic E-state index is 0.415. The van der Waals surface area contributed by atoms with Gasteiger partial charge >= 0.3 is 0 Å². The minimum Gasteiger partial charge on any atom is -0.373 e. The summed E-state index contributed by atoms with van der Waals surface area (Å²) in [6, 6.07) is 2.04. The summed E-state index contributed by atoms with van der Waals surface area (Å²) >= 11 is 0. The lowest BCUT2D eigenvalue weighted by Gasteiger charge is -2.11. The molecule has 2 rings (SSSR count). The Hall–Kier alpha value is -1.91. The van der Waals surface area contributed by atoms with Gasteiger partial charge in [-0.2, -0.15) is 5.10 Å². The fourth-order valence-corrected chi connectivity index (χ4v) is 1.94. The number of nitrogens with zero attached hydrogens (tertiary/aromatic N) is 4. The van der Waals surface area contributed by atoms with Crippen molar-refractivity contribution < 1.29 is 0 Å². The normalized spacial score (nSPS) is 11.1. The predicted octanol–water partition coefficient (Wildman–Crippen LogP) is 2.70. The molecule has 5 heteroatoms. The summed E-state index contributed by atoms with van der Waals surface area (Å²) in [5, 5.41) is 7.71. The molecule has 0 bridgehead atoms. The van der Waals surface area contributed by atoms with Crippen molar-refractivity contribution in [2.75, 3.05) is 12.4 Å². The number of hydrogen-bond donors (Lipinski definition) is 1. The summed E-state index contributed by atoms with van der Waals surface area (Å²) < 4.78 is 1.84. The van der Waals surface area contributed by atoms with Crippen molar-refractivity contribution in [3.05, 3.63) is 29.3 Å². The maximum atomic E-state index is 4.59. The van der Waals surface area contributed by atoms with E-state index < -0.39 is 0 Å². The van der Waals surface area contributed by atoms with E-state index in [1.165, 1.54) is 0 Å². The first kappa shape index (κ1) is 13.5. The van der Waals surface area contributed by atoms with Gasteiger partial charge in [0.2, 0.25) is 0 Å². The number of aromatic nitrogens is 4. The summed E-state index contributed by atoms with van der Waals surface area (Å²) in [4.78, 5) is 9.07. The molecular weight excluding hydrogens is 238 g/mol. The average molecular weight is 259 g/mol. The van der Waals surface area contributed by atoms with Gasteiger partial charge in [-0.3, -0.25) is 0 Å². The topological polar surface area (TPSA) is 55.6 Å². The second-order valence-corrected chi connectivity index (χ2v) is 4.88. The molecule has 0 aliphatic rings. The van der Waals surface area contributed by atoms with E-state index in [2.05, 4.69) is 41.2 Å². The Morgan fingerprint density at radius 3 is 2.58 bits per heavy atom. The largest absolute Gasteiger partial charge is 0.373 e. The monoisotopic (exact) mass is 259 g/mol. The van der Waals surface area contributed by atoms with E-state index in [1.54, 1.807) is 0 Å². The highest BCUT2D eigenvalue weighted by Crippen LogP contribution is 2.20. The quantitative estimate of drug-likeness (QED) is 0.917. The standard InChI is InChI=1S/C14H21N5/c1-6-12-16-13(15-5)10(4)14(17-12)19-8-7-11(18-19)9(2)3/h7-9H,6H2,1-5H3,(H,15,16,17). The van der Waals surface area contributed by atoms with E-state index in [4.69, 9.17) is 0 Å². The second-order valence-electron chi connectivity index (χ2n) is 4.88. The summed E-state index contributed by atoms with van der Waals surface area (Å²) in [7, 11) is 1.88. The highest BCUT2D eigenvalue weighted by molar-refractivity contribution is 5.51. The third-order valence-corrected chi connectivity index (χ3v) is 3.14. The molecule has 0 saturated heterocycles. The zero-order chi connectivity index (χ0) is 14.0. The first-order valence-electron chi connectivity index (χ1n) is 6.68. The molecule has 2 heterocycles. The van der Waals surface area contributed by atoms with Crippen molar-refractivity contribution >= 4 is 5.82 Å². The van der Waals surface area contributed by atoms with Gasteiger partial charge in [-0.05, 0) is 18.9 Å². The molecule has 0 unspecified atom stereocenters. The van der Waals surface area contributed by atoms with Gasteiger partial charge in [-0.25, -0.2) is 14.6 Å². The molecule has 0 aromatic carbocycles. The molecule has 0 fully saturated rings. The lowest BCUT2D eigenvalue weighted by atomic mass is 10.1. The van der Waals surface area contributed by atoms with Gasteiger partial charge < -0.3 is 5.32 Å². The van der Waals surface area contributed by atoms with Gasteiger partial charge in [0.05, 0.1) is 5.69 Å². The molecule has 2 aromatic rings. The number of hydrogen-bond acceptors (Lipinski definition) is 4. The van der Waals surface area contributed by atoms with Crippen LogP contribution in [-0.2, 0) is 6.42 Å². The SMILES string of the molecule is CCc1nc(NC)c(C)c(-n2ccc(C(C)C)n2)n1. The number of nitrogens with one attached hydrogen (secondary N) is 1. The Balaban J connectivity index is 2.53. The van der Waals surface area contributed by atoms with E-state index in [1.807, 2.05) is 30.9 Å². The third-order valence-electron chi connectivity index (χ3n) is 3.14. The maximum Gasteiger partial charge on any atom is 0.162 e. The Bertz CT molecular complexity index is 571. The third kappa shape index (κ3) is 2.59. The van der Waals surface area contributed by atoms with Crippen LogP contribution in [0.3, 0.4) is 0 Å². The van der Waals surface area contributed by atoms with Gasteiger partial charge in [0.1, 0.15) is 11.6 Å². The molecule has 0 atom stereocenters. The number of anilines is 1. The van der Waals surface area contributed by atoms with Crippen molar-refractivity contribution in [1.82, 2.24) is 19.7 Å². The summed E-state index contributed by atoms with van der Waals surface area (Å²) in [6.07, 6.45) is 2.77. The van der Waals surface area contributed by atoms with Crippen LogP contribution in [-0.4, -0.2) is 26.8 Å². The van der Waals surface area contributed by atoms with Crippen molar-refractivity contribution in [3.63, 3.8) is 0 Å². The summed E-state index contributed by atoms with van der Waals surface area (Å²) in [5.74, 6) is 2.95. The highest BCUT2D eigenvalue weighted by Gasteiger charge is 2.13. The van der Waals surface area contributed by atoms with Crippen LogP contribution in [0.4, 0.5) is 5.82 Å². The number of rotatable bonds is 4. The van der Waals surface area contributed by atoms with Gasteiger partial charge in [0.25, 0.3) is 0 Å². The molecule has 1 N–H and O–H groups in total. The Morgan fingerprint density at radius 1 is 1.32 bits per heavy atom. The predicted molar refractivity (Wildman–Crippen MR) is 76.9 cm³/mol. The van der Waals surface area contributed by atoms with Gasteiger partial charge in [-0.15, -0.1) is 0 Å². The average Bonchev–Trinajstić information content (AvgIpc) is 2.88. The fourth-order valence-electron chi connectivity index (χ4n) is 1.94. The van der Waals surface area contributed by atoms with Gasteiger partial charge in [-0.1, -0.05) is 20.8 Å². The van der Waals surface area contributed by atoms with E-state index in [0.29, 0.717) is 5.92 Å². The lowest BCUT2D eigenvalue weighted by molar-refractivity contribution is 0.745. The van der Waals surface area contributed by atoms with E-state index in [-0.39, 0.29) is 0 Å². The maximum absolute atomic E-state index is 4.59. The molecule has 0 spiro atoms. The molecule has 0 radical (unpaired) electrons. The molecule has 5 nitrogen and oxygen atoms in total. The van der Waals surface area contributed by atoms with Gasteiger partial charge in [0.15, 0.2) is 5.82 Å².